The van der Waals surface area contributed by atoms with Gasteiger partial charge in [-0.25, -0.2) is 0 Å². The molecule has 3 nitrogen and oxygen atoms in total. The standard InChI is InChI=1S/C46H29NO2/c1-2-14-33-30(12-1)13-11-19-35(33)36-16-4-8-21-42(36)47(32-25-27-40-38-18-6-10-23-44(38)49-46(40)29-32)41-20-7-3-15-34(41)31-24-26-39-37-17-5-9-22-43(37)48-45(39)28-31/h1-29H. The molecule has 49 heavy (non-hydrogen) atoms. The van der Waals surface area contributed by atoms with Gasteiger partial charge in [0.2, 0.25) is 0 Å². The van der Waals surface area contributed by atoms with Crippen LogP contribution < -0.4 is 4.90 Å². The highest BCUT2D eigenvalue weighted by Crippen LogP contribution is 2.47. The molecule has 3 heteroatoms. The molecule has 0 fully saturated rings. The van der Waals surface area contributed by atoms with Gasteiger partial charge in [0.25, 0.3) is 0 Å². The normalized spacial score (nSPS) is 11.7. The predicted octanol–water partition coefficient (Wildman–Crippen LogP) is 13.4. The highest BCUT2D eigenvalue weighted by atomic mass is 16.3. The predicted molar refractivity (Wildman–Crippen MR) is 204 cm³/mol. The van der Waals surface area contributed by atoms with E-state index in [1.54, 1.807) is 0 Å². The number of hydrogen-bond donors (Lipinski definition) is 0. The average molecular weight is 628 g/mol. The Morgan fingerprint density at radius 1 is 0.327 bits per heavy atom. The van der Waals surface area contributed by atoms with Crippen molar-refractivity contribution < 1.29 is 8.83 Å². The number of para-hydroxylation sites is 4. The van der Waals surface area contributed by atoms with Gasteiger partial charge in [-0.2, -0.15) is 0 Å². The molecular weight excluding hydrogens is 599 g/mol. The number of anilines is 3. The van der Waals surface area contributed by atoms with Gasteiger partial charge in [-0.15, -0.1) is 0 Å². The van der Waals surface area contributed by atoms with Gasteiger partial charge in [-0.05, 0) is 70.4 Å². The molecule has 10 rings (SSSR count). The van der Waals surface area contributed by atoms with Crippen LogP contribution in [0.4, 0.5) is 17.1 Å². The third-order valence-corrected chi connectivity index (χ3v) is 9.68. The van der Waals surface area contributed by atoms with Crippen molar-refractivity contribution in [3.8, 4) is 22.3 Å². The lowest BCUT2D eigenvalue weighted by molar-refractivity contribution is 0.668. The number of hydrogen-bond acceptors (Lipinski definition) is 3. The van der Waals surface area contributed by atoms with Crippen molar-refractivity contribution in [2.24, 2.45) is 0 Å². The van der Waals surface area contributed by atoms with Crippen molar-refractivity contribution in [2.75, 3.05) is 4.90 Å². The number of fused-ring (bicyclic) bond motifs is 7. The summed E-state index contributed by atoms with van der Waals surface area (Å²) in [6.07, 6.45) is 0. The number of nitrogens with zero attached hydrogens (tertiary/aromatic N) is 1. The molecule has 2 aromatic heterocycles. The third kappa shape index (κ3) is 4.44. The first-order valence-electron chi connectivity index (χ1n) is 16.6. The van der Waals surface area contributed by atoms with Crippen molar-refractivity contribution in [1.29, 1.82) is 0 Å². The zero-order chi connectivity index (χ0) is 32.3. The van der Waals surface area contributed by atoms with Crippen molar-refractivity contribution in [1.82, 2.24) is 0 Å². The molecule has 230 valence electrons. The molecule has 0 amide bonds. The van der Waals surface area contributed by atoms with E-state index in [-0.39, 0.29) is 0 Å². The highest BCUT2D eigenvalue weighted by Gasteiger charge is 2.22. The summed E-state index contributed by atoms with van der Waals surface area (Å²) in [6, 6.07) is 62.1. The summed E-state index contributed by atoms with van der Waals surface area (Å²) in [7, 11) is 0. The van der Waals surface area contributed by atoms with E-state index >= 15 is 0 Å². The van der Waals surface area contributed by atoms with Crippen LogP contribution in [0, 0.1) is 0 Å². The summed E-state index contributed by atoms with van der Waals surface area (Å²) < 4.78 is 12.8. The van der Waals surface area contributed by atoms with Gasteiger partial charge < -0.3 is 13.7 Å². The van der Waals surface area contributed by atoms with Crippen molar-refractivity contribution in [3.63, 3.8) is 0 Å². The van der Waals surface area contributed by atoms with Crippen LogP contribution in [0.1, 0.15) is 0 Å². The van der Waals surface area contributed by atoms with E-state index in [4.69, 9.17) is 8.83 Å². The number of furan rings is 2. The number of benzene rings is 8. The van der Waals surface area contributed by atoms with Crippen molar-refractivity contribution in [2.45, 2.75) is 0 Å². The van der Waals surface area contributed by atoms with E-state index in [2.05, 4.69) is 157 Å². The summed E-state index contributed by atoms with van der Waals surface area (Å²) in [6.45, 7) is 0. The summed E-state index contributed by atoms with van der Waals surface area (Å²) in [5.74, 6) is 0. The quantitative estimate of drug-likeness (QED) is 0.190. The molecule has 10 aromatic rings. The second kappa shape index (κ2) is 11.0. The Kier molecular flexibility index (Phi) is 6.18. The molecular formula is C46H29NO2. The summed E-state index contributed by atoms with van der Waals surface area (Å²) >= 11 is 0. The molecule has 0 aliphatic heterocycles. The molecule has 0 aliphatic rings. The molecule has 0 spiro atoms. The summed E-state index contributed by atoms with van der Waals surface area (Å²) in [4.78, 5) is 2.38. The minimum atomic E-state index is 0.854. The molecule has 8 aromatic carbocycles. The minimum absolute atomic E-state index is 0.854. The second-order valence-corrected chi connectivity index (χ2v) is 12.5. The molecule has 0 bridgehead atoms. The Hall–Kier alpha value is -6.58. The zero-order valence-corrected chi connectivity index (χ0v) is 26.5. The first-order valence-corrected chi connectivity index (χ1v) is 16.6. The van der Waals surface area contributed by atoms with Crippen LogP contribution in [0.2, 0.25) is 0 Å². The number of rotatable bonds is 5. The van der Waals surface area contributed by atoms with Crippen molar-refractivity contribution in [3.05, 3.63) is 176 Å². The first kappa shape index (κ1) is 27.5. The molecule has 0 saturated carbocycles. The molecule has 0 unspecified atom stereocenters. The van der Waals surface area contributed by atoms with Gasteiger partial charge in [-0.3, -0.25) is 0 Å². The van der Waals surface area contributed by atoms with E-state index in [1.165, 1.54) is 16.3 Å². The lowest BCUT2D eigenvalue weighted by Gasteiger charge is -2.30. The van der Waals surface area contributed by atoms with Crippen LogP contribution in [0.3, 0.4) is 0 Å². The van der Waals surface area contributed by atoms with Gasteiger partial charge in [-0.1, -0.05) is 121 Å². The molecule has 2 heterocycles. The summed E-state index contributed by atoms with van der Waals surface area (Å²) in [5.41, 5.74) is 11.2. The van der Waals surface area contributed by atoms with Gasteiger partial charge >= 0.3 is 0 Å². The maximum absolute atomic E-state index is 6.44. The lowest BCUT2D eigenvalue weighted by Crippen LogP contribution is -2.12. The molecule has 0 N–H and O–H groups in total. The maximum Gasteiger partial charge on any atom is 0.137 e. The van der Waals surface area contributed by atoms with Crippen LogP contribution in [-0.4, -0.2) is 0 Å². The van der Waals surface area contributed by atoms with Crippen molar-refractivity contribution >= 4 is 71.7 Å². The van der Waals surface area contributed by atoms with Gasteiger partial charge in [0.15, 0.2) is 0 Å². The smallest absolute Gasteiger partial charge is 0.137 e. The Labute approximate surface area is 282 Å². The Morgan fingerprint density at radius 2 is 0.837 bits per heavy atom. The third-order valence-electron chi connectivity index (χ3n) is 9.68. The van der Waals surface area contributed by atoms with Crippen LogP contribution in [0.25, 0.3) is 76.9 Å². The van der Waals surface area contributed by atoms with Gasteiger partial charge in [0, 0.05) is 44.4 Å². The van der Waals surface area contributed by atoms with E-state index < -0.39 is 0 Å². The van der Waals surface area contributed by atoms with Crippen LogP contribution >= 0.6 is 0 Å². The fourth-order valence-corrected chi connectivity index (χ4v) is 7.42. The molecule has 0 saturated heterocycles. The van der Waals surface area contributed by atoms with Crippen LogP contribution in [0.15, 0.2) is 185 Å². The second-order valence-electron chi connectivity index (χ2n) is 12.5. The van der Waals surface area contributed by atoms with Gasteiger partial charge in [0.05, 0.1) is 11.4 Å². The molecule has 0 aliphatic carbocycles. The van der Waals surface area contributed by atoms with Crippen LogP contribution in [-0.2, 0) is 0 Å². The Balaban J connectivity index is 1.23. The highest BCUT2D eigenvalue weighted by molar-refractivity contribution is 6.09. The van der Waals surface area contributed by atoms with Gasteiger partial charge in [0.1, 0.15) is 22.3 Å². The first-order chi connectivity index (χ1) is 24.3. The Morgan fingerprint density at radius 3 is 1.59 bits per heavy atom. The molecule has 0 radical (unpaired) electrons. The van der Waals surface area contributed by atoms with E-state index in [9.17, 15) is 0 Å². The van der Waals surface area contributed by atoms with E-state index in [0.717, 1.165) is 77.6 Å². The topological polar surface area (TPSA) is 29.5 Å². The fourth-order valence-electron chi connectivity index (χ4n) is 7.42. The largest absolute Gasteiger partial charge is 0.456 e. The zero-order valence-electron chi connectivity index (χ0n) is 26.5. The minimum Gasteiger partial charge on any atom is -0.456 e. The maximum atomic E-state index is 6.44. The lowest BCUT2D eigenvalue weighted by atomic mass is 9.95. The summed E-state index contributed by atoms with van der Waals surface area (Å²) in [5, 5.41) is 6.89. The SMILES string of the molecule is c1ccc(N(c2ccc3c(c2)oc2ccccc23)c2ccccc2-c2cccc3ccccc23)c(-c2ccc3c(c2)oc2ccccc23)c1. The average Bonchev–Trinajstić information content (AvgIpc) is 3.73. The van der Waals surface area contributed by atoms with Crippen LogP contribution in [0.5, 0.6) is 0 Å². The Bertz CT molecular complexity index is 2850. The molecule has 0 atom stereocenters. The van der Waals surface area contributed by atoms with E-state index in [0.29, 0.717) is 0 Å². The monoisotopic (exact) mass is 627 g/mol. The van der Waals surface area contributed by atoms with E-state index in [1.807, 2.05) is 24.3 Å². The fraction of sp³-hybridized carbons (Fsp3) is 0.